The van der Waals surface area contributed by atoms with Crippen LogP contribution in [0.1, 0.15) is 29.3 Å². The monoisotopic (exact) mass is 303 g/mol. The number of hydrogen-bond donors (Lipinski definition) is 2. The van der Waals surface area contributed by atoms with Gasteiger partial charge in [-0.3, -0.25) is 9.78 Å². The lowest BCUT2D eigenvalue weighted by Crippen LogP contribution is -2.24. The number of nitrogens with two attached hydrogens (primary N) is 1. The number of aromatic amines is 1. The Morgan fingerprint density at radius 1 is 1.38 bits per heavy atom. The Kier molecular flexibility index (Phi) is 3.88. The van der Waals surface area contributed by atoms with Crippen LogP contribution in [0.2, 0.25) is 0 Å². The molecule has 3 N–H and O–H groups in total. The number of rotatable bonds is 3. The molecule has 1 aromatic heterocycles. The summed E-state index contributed by atoms with van der Waals surface area (Å²) < 4.78 is 5.16. The fourth-order valence-corrected chi connectivity index (χ4v) is 3.87. The minimum atomic E-state index is -0.108. The number of nitrogen functional groups attached to an aromatic ring is 1. The molecule has 1 unspecified atom stereocenters. The molecule has 0 saturated carbocycles. The number of fused-ring (bicyclic) bond motifs is 1. The summed E-state index contributed by atoms with van der Waals surface area (Å²) in [6.07, 6.45) is 2.82. The zero-order chi connectivity index (χ0) is 14.8. The van der Waals surface area contributed by atoms with Crippen LogP contribution in [0.25, 0.3) is 0 Å². The Bertz CT molecular complexity index is 697. The number of aryl methyl sites for hydroxylation is 1. The first kappa shape index (κ1) is 14.0. The van der Waals surface area contributed by atoms with Gasteiger partial charge in [-0.1, -0.05) is 0 Å². The summed E-state index contributed by atoms with van der Waals surface area (Å²) in [6, 6.07) is 7.88. The van der Waals surface area contributed by atoms with Gasteiger partial charge < -0.3 is 10.5 Å². The molecular weight excluding hydrogens is 286 g/mol. The van der Waals surface area contributed by atoms with Crippen molar-refractivity contribution < 1.29 is 4.74 Å². The van der Waals surface area contributed by atoms with Crippen molar-refractivity contribution >= 4 is 17.7 Å². The number of methoxy groups -OCH3 is 1. The van der Waals surface area contributed by atoms with Crippen LogP contribution in [0.3, 0.4) is 0 Å². The van der Waals surface area contributed by atoms with Crippen molar-refractivity contribution in [3.63, 3.8) is 0 Å². The number of thioether (sulfide) groups is 1. The second-order valence-corrected chi connectivity index (χ2v) is 6.26. The average molecular weight is 303 g/mol. The highest BCUT2D eigenvalue weighted by Crippen LogP contribution is 2.41. The number of H-pyrrole nitrogens is 1. The third kappa shape index (κ3) is 2.90. The average Bonchev–Trinajstić information content (AvgIpc) is 2.47. The van der Waals surface area contributed by atoms with E-state index in [1.165, 1.54) is 0 Å². The van der Waals surface area contributed by atoms with Crippen LogP contribution in [0.4, 0.5) is 5.95 Å². The zero-order valence-corrected chi connectivity index (χ0v) is 12.6. The molecule has 0 aliphatic heterocycles. The molecule has 0 saturated heterocycles. The van der Waals surface area contributed by atoms with Crippen LogP contribution >= 0.6 is 11.8 Å². The molecule has 110 valence electrons. The van der Waals surface area contributed by atoms with Crippen molar-refractivity contribution in [2.75, 3.05) is 12.8 Å². The van der Waals surface area contributed by atoms with Crippen molar-refractivity contribution in [2.24, 2.45) is 0 Å². The normalized spacial score (nSPS) is 17.3. The second kappa shape index (κ2) is 5.81. The Morgan fingerprint density at radius 3 is 2.86 bits per heavy atom. The van der Waals surface area contributed by atoms with Crippen LogP contribution in [0, 0.1) is 0 Å². The SMILES string of the molecule is COc1ccc(SC2CCCc3nc(N)[nH]c(=O)c32)cc1. The smallest absolute Gasteiger partial charge is 0.256 e. The molecule has 1 atom stereocenters. The van der Waals surface area contributed by atoms with Gasteiger partial charge in [0.2, 0.25) is 5.95 Å². The van der Waals surface area contributed by atoms with Crippen molar-refractivity contribution in [1.82, 2.24) is 9.97 Å². The van der Waals surface area contributed by atoms with Gasteiger partial charge in [0.1, 0.15) is 5.75 Å². The number of ether oxygens (including phenoxy) is 1. The molecular formula is C15H17N3O2S. The van der Waals surface area contributed by atoms with E-state index in [2.05, 4.69) is 9.97 Å². The topological polar surface area (TPSA) is 81.0 Å². The number of anilines is 1. The maximum atomic E-state index is 12.2. The summed E-state index contributed by atoms with van der Waals surface area (Å²) in [5, 5.41) is 0.124. The largest absolute Gasteiger partial charge is 0.497 e. The van der Waals surface area contributed by atoms with E-state index in [-0.39, 0.29) is 16.8 Å². The molecule has 21 heavy (non-hydrogen) atoms. The number of nitrogens with zero attached hydrogens (tertiary/aromatic N) is 1. The van der Waals surface area contributed by atoms with Gasteiger partial charge >= 0.3 is 0 Å². The molecule has 1 heterocycles. The highest BCUT2D eigenvalue weighted by molar-refractivity contribution is 7.99. The van der Waals surface area contributed by atoms with Gasteiger partial charge in [0.05, 0.1) is 18.4 Å². The fraction of sp³-hybridized carbons (Fsp3) is 0.333. The third-order valence-electron chi connectivity index (χ3n) is 3.59. The van der Waals surface area contributed by atoms with Crippen molar-refractivity contribution in [1.29, 1.82) is 0 Å². The number of hydrogen-bond acceptors (Lipinski definition) is 5. The summed E-state index contributed by atoms with van der Waals surface area (Å²) in [5.74, 6) is 1.03. The summed E-state index contributed by atoms with van der Waals surface area (Å²) >= 11 is 1.69. The quantitative estimate of drug-likeness (QED) is 0.910. The molecule has 5 nitrogen and oxygen atoms in total. The van der Waals surface area contributed by atoms with Crippen molar-refractivity contribution in [3.05, 3.63) is 45.9 Å². The summed E-state index contributed by atoms with van der Waals surface area (Å²) in [4.78, 5) is 20.2. The molecule has 0 radical (unpaired) electrons. The summed E-state index contributed by atoms with van der Waals surface area (Å²) in [6.45, 7) is 0. The lowest BCUT2D eigenvalue weighted by atomic mass is 9.97. The number of benzene rings is 1. The second-order valence-electron chi connectivity index (χ2n) is 4.99. The Balaban J connectivity index is 1.89. The Hall–Kier alpha value is -1.95. The molecule has 0 fully saturated rings. The van der Waals surface area contributed by atoms with Gasteiger partial charge in [-0.2, -0.15) is 0 Å². The highest BCUT2D eigenvalue weighted by Gasteiger charge is 2.25. The molecule has 1 aliphatic rings. The van der Waals surface area contributed by atoms with Gasteiger partial charge in [0.15, 0.2) is 0 Å². The van der Waals surface area contributed by atoms with E-state index >= 15 is 0 Å². The predicted octanol–water partition coefficient (Wildman–Crippen LogP) is 2.53. The lowest BCUT2D eigenvalue weighted by molar-refractivity contribution is 0.414. The molecule has 0 amide bonds. The first-order chi connectivity index (χ1) is 10.2. The zero-order valence-electron chi connectivity index (χ0n) is 11.8. The molecule has 3 rings (SSSR count). The van der Waals surface area contributed by atoms with Gasteiger partial charge in [-0.15, -0.1) is 11.8 Å². The first-order valence-corrected chi connectivity index (χ1v) is 7.74. The predicted molar refractivity (Wildman–Crippen MR) is 83.8 cm³/mol. The first-order valence-electron chi connectivity index (χ1n) is 6.86. The van der Waals surface area contributed by atoms with E-state index in [0.29, 0.717) is 0 Å². The van der Waals surface area contributed by atoms with E-state index < -0.39 is 0 Å². The van der Waals surface area contributed by atoms with Crippen LogP contribution in [-0.4, -0.2) is 17.1 Å². The third-order valence-corrected chi connectivity index (χ3v) is 4.89. The lowest BCUT2D eigenvalue weighted by Gasteiger charge is -2.23. The molecule has 2 aromatic rings. The number of nitrogens with one attached hydrogen (secondary N) is 1. The van der Waals surface area contributed by atoms with Gasteiger partial charge in [-0.25, -0.2) is 4.98 Å². The van der Waals surface area contributed by atoms with Crippen LogP contribution in [0.15, 0.2) is 34.0 Å². The van der Waals surface area contributed by atoms with Crippen molar-refractivity contribution in [2.45, 2.75) is 29.4 Å². The minimum Gasteiger partial charge on any atom is -0.497 e. The Labute approximate surface area is 126 Å². The van der Waals surface area contributed by atoms with Crippen molar-refractivity contribution in [3.8, 4) is 5.75 Å². The van der Waals surface area contributed by atoms with E-state index in [1.54, 1.807) is 18.9 Å². The maximum Gasteiger partial charge on any atom is 0.256 e. The van der Waals surface area contributed by atoms with E-state index in [9.17, 15) is 4.79 Å². The number of aromatic nitrogens is 2. The minimum absolute atomic E-state index is 0.108. The summed E-state index contributed by atoms with van der Waals surface area (Å²) in [5.41, 5.74) is 7.13. The van der Waals surface area contributed by atoms with E-state index in [1.807, 2.05) is 24.3 Å². The standard InChI is InChI=1S/C15H17N3O2S/c1-20-9-5-7-10(8-6-9)21-12-4-2-3-11-13(12)14(19)18-15(16)17-11/h5-8,12H,2-4H2,1H3,(H3,16,17,18,19). The molecule has 6 heteroatoms. The Morgan fingerprint density at radius 2 is 2.14 bits per heavy atom. The van der Waals surface area contributed by atoms with Gasteiger partial charge in [0, 0.05) is 10.1 Å². The van der Waals surface area contributed by atoms with Gasteiger partial charge in [-0.05, 0) is 43.5 Å². The van der Waals surface area contributed by atoms with Crippen LogP contribution < -0.4 is 16.0 Å². The van der Waals surface area contributed by atoms with Gasteiger partial charge in [0.25, 0.3) is 5.56 Å². The van der Waals surface area contributed by atoms with Crippen LogP contribution in [0.5, 0.6) is 5.75 Å². The molecule has 0 bridgehead atoms. The van der Waals surface area contributed by atoms with Crippen LogP contribution in [-0.2, 0) is 6.42 Å². The maximum absolute atomic E-state index is 12.2. The fourth-order valence-electron chi connectivity index (χ4n) is 2.61. The molecule has 1 aromatic carbocycles. The molecule has 1 aliphatic carbocycles. The van der Waals surface area contributed by atoms with E-state index in [0.717, 1.165) is 41.2 Å². The highest BCUT2D eigenvalue weighted by atomic mass is 32.2. The summed E-state index contributed by atoms with van der Waals surface area (Å²) in [7, 11) is 1.65. The molecule has 0 spiro atoms. The van der Waals surface area contributed by atoms with E-state index in [4.69, 9.17) is 10.5 Å².